The van der Waals surface area contributed by atoms with Crippen molar-refractivity contribution in [1.29, 1.82) is 0 Å². The number of rotatable bonds is 11. The van der Waals surface area contributed by atoms with Gasteiger partial charge in [-0.3, -0.25) is 9.59 Å². The SMILES string of the molecule is CC(C)Cc1[nH]c2ccccc2c1C[C@H](NC(=O)CCNC(=O)O)C(=O)N(C)Cc1ccccc1. The third-order valence-corrected chi connectivity index (χ3v) is 5.82. The van der Waals surface area contributed by atoms with Crippen molar-refractivity contribution in [1.82, 2.24) is 20.5 Å². The Morgan fingerprint density at radius 2 is 1.69 bits per heavy atom. The Kier molecular flexibility index (Phi) is 8.89. The fourth-order valence-electron chi connectivity index (χ4n) is 4.23. The van der Waals surface area contributed by atoms with Gasteiger partial charge in [0.25, 0.3) is 0 Å². The van der Waals surface area contributed by atoms with Crippen molar-refractivity contribution in [3.63, 3.8) is 0 Å². The van der Waals surface area contributed by atoms with Crippen LogP contribution in [0, 0.1) is 5.92 Å². The van der Waals surface area contributed by atoms with Crippen LogP contribution in [0.3, 0.4) is 0 Å². The zero-order valence-electron chi connectivity index (χ0n) is 20.5. The number of carbonyl (C=O) groups is 3. The molecule has 1 aromatic heterocycles. The number of benzene rings is 2. The second-order valence-electron chi connectivity index (χ2n) is 9.21. The van der Waals surface area contributed by atoms with E-state index in [1.54, 1.807) is 11.9 Å². The second-order valence-corrected chi connectivity index (χ2v) is 9.21. The summed E-state index contributed by atoms with van der Waals surface area (Å²) in [4.78, 5) is 42.0. The summed E-state index contributed by atoms with van der Waals surface area (Å²) < 4.78 is 0. The lowest BCUT2D eigenvalue weighted by atomic mass is 9.97. The number of carbonyl (C=O) groups excluding carboxylic acids is 2. The maximum atomic E-state index is 13.6. The number of hydrogen-bond donors (Lipinski definition) is 4. The molecule has 0 saturated carbocycles. The second kappa shape index (κ2) is 12.1. The Labute approximate surface area is 205 Å². The monoisotopic (exact) mass is 478 g/mol. The summed E-state index contributed by atoms with van der Waals surface area (Å²) in [6.07, 6.45) is -0.0839. The molecule has 0 saturated heterocycles. The number of para-hydroxylation sites is 1. The van der Waals surface area contributed by atoms with Gasteiger partial charge in [-0.25, -0.2) is 4.79 Å². The first-order valence-corrected chi connectivity index (χ1v) is 11.9. The van der Waals surface area contributed by atoms with Crippen LogP contribution in [-0.2, 0) is 29.0 Å². The lowest BCUT2D eigenvalue weighted by molar-refractivity contribution is -0.135. The van der Waals surface area contributed by atoms with Gasteiger partial charge in [-0.2, -0.15) is 0 Å². The van der Waals surface area contributed by atoms with Gasteiger partial charge in [-0.05, 0) is 29.5 Å². The summed E-state index contributed by atoms with van der Waals surface area (Å²) in [6.45, 7) is 4.68. The van der Waals surface area contributed by atoms with Crippen molar-refractivity contribution >= 4 is 28.8 Å². The molecule has 0 aliphatic rings. The van der Waals surface area contributed by atoms with Gasteiger partial charge >= 0.3 is 6.09 Å². The van der Waals surface area contributed by atoms with Crippen molar-refractivity contribution in [2.45, 2.75) is 45.7 Å². The highest BCUT2D eigenvalue weighted by Gasteiger charge is 2.27. The fraction of sp³-hybridized carbons (Fsp3) is 0.370. The number of aromatic nitrogens is 1. The number of H-pyrrole nitrogens is 1. The molecule has 8 heteroatoms. The van der Waals surface area contributed by atoms with Gasteiger partial charge in [0.2, 0.25) is 11.8 Å². The molecule has 3 aromatic rings. The average molecular weight is 479 g/mol. The highest BCUT2D eigenvalue weighted by Crippen LogP contribution is 2.26. The van der Waals surface area contributed by atoms with Crippen LogP contribution in [-0.4, -0.2) is 52.5 Å². The first-order valence-electron chi connectivity index (χ1n) is 11.9. The van der Waals surface area contributed by atoms with Crippen LogP contribution < -0.4 is 10.6 Å². The Hall–Kier alpha value is -3.81. The Morgan fingerprint density at radius 3 is 2.37 bits per heavy atom. The van der Waals surface area contributed by atoms with Crippen LogP contribution in [0.15, 0.2) is 54.6 Å². The molecule has 1 atom stereocenters. The molecule has 35 heavy (non-hydrogen) atoms. The number of hydrogen-bond acceptors (Lipinski definition) is 3. The lowest BCUT2D eigenvalue weighted by Crippen LogP contribution is -2.49. The molecule has 3 amide bonds. The topological polar surface area (TPSA) is 115 Å². The molecular formula is C27H34N4O4. The van der Waals surface area contributed by atoms with E-state index in [1.807, 2.05) is 54.6 Å². The van der Waals surface area contributed by atoms with Crippen LogP contribution >= 0.6 is 0 Å². The van der Waals surface area contributed by atoms with Gasteiger partial charge in [0.05, 0.1) is 0 Å². The molecule has 8 nitrogen and oxygen atoms in total. The zero-order chi connectivity index (χ0) is 25.4. The molecule has 186 valence electrons. The molecule has 0 radical (unpaired) electrons. The zero-order valence-corrected chi connectivity index (χ0v) is 20.5. The number of aromatic amines is 1. The molecule has 0 aliphatic carbocycles. The summed E-state index contributed by atoms with van der Waals surface area (Å²) in [5.41, 5.74) is 4.07. The van der Waals surface area contributed by atoms with Crippen LogP contribution in [0.5, 0.6) is 0 Å². The third kappa shape index (κ3) is 7.34. The van der Waals surface area contributed by atoms with Crippen molar-refractivity contribution in [2.75, 3.05) is 13.6 Å². The third-order valence-electron chi connectivity index (χ3n) is 5.82. The van der Waals surface area contributed by atoms with Gasteiger partial charge < -0.3 is 25.6 Å². The molecule has 0 spiro atoms. The van der Waals surface area contributed by atoms with Gasteiger partial charge in [0.15, 0.2) is 0 Å². The van der Waals surface area contributed by atoms with Gasteiger partial charge in [0.1, 0.15) is 6.04 Å². The predicted molar refractivity (Wildman–Crippen MR) is 136 cm³/mol. The number of fused-ring (bicyclic) bond motifs is 1. The Balaban J connectivity index is 1.87. The molecule has 0 bridgehead atoms. The fourth-order valence-corrected chi connectivity index (χ4v) is 4.23. The van der Waals surface area contributed by atoms with Gasteiger partial charge in [0, 0.05) is 49.6 Å². The number of nitrogens with one attached hydrogen (secondary N) is 3. The van der Waals surface area contributed by atoms with Crippen molar-refractivity contribution in [3.05, 3.63) is 71.4 Å². The molecule has 0 fully saturated rings. The number of nitrogens with zero attached hydrogens (tertiary/aromatic N) is 1. The number of likely N-dealkylation sites (N-methyl/N-ethyl adjacent to an activating group) is 1. The van der Waals surface area contributed by atoms with Crippen LogP contribution in [0.4, 0.5) is 4.79 Å². The van der Waals surface area contributed by atoms with E-state index in [0.29, 0.717) is 18.9 Å². The van der Waals surface area contributed by atoms with Crippen molar-refractivity contribution < 1.29 is 19.5 Å². The van der Waals surface area contributed by atoms with E-state index in [9.17, 15) is 14.4 Å². The van der Waals surface area contributed by atoms with Gasteiger partial charge in [-0.1, -0.05) is 62.4 Å². The van der Waals surface area contributed by atoms with Gasteiger partial charge in [-0.15, -0.1) is 0 Å². The van der Waals surface area contributed by atoms with Crippen LogP contribution in [0.1, 0.15) is 37.1 Å². The Morgan fingerprint density at radius 1 is 1.00 bits per heavy atom. The molecule has 3 rings (SSSR count). The largest absolute Gasteiger partial charge is 0.465 e. The minimum atomic E-state index is -1.19. The van der Waals surface area contributed by atoms with E-state index in [0.717, 1.165) is 34.1 Å². The standard InChI is InChI=1S/C27H34N4O4/c1-18(2)15-23-21(20-11-7-8-12-22(20)29-23)16-24(30-25(32)13-14-28-27(34)35)26(33)31(3)17-19-9-5-4-6-10-19/h4-12,18,24,28-29H,13-17H2,1-3H3,(H,30,32)(H,34,35)/t24-/m0/s1. The minimum Gasteiger partial charge on any atom is -0.465 e. The van der Waals surface area contributed by atoms with E-state index in [4.69, 9.17) is 5.11 Å². The molecular weight excluding hydrogens is 444 g/mol. The summed E-state index contributed by atoms with van der Waals surface area (Å²) in [7, 11) is 1.73. The smallest absolute Gasteiger partial charge is 0.404 e. The van der Waals surface area contributed by atoms with E-state index in [-0.39, 0.29) is 24.8 Å². The summed E-state index contributed by atoms with van der Waals surface area (Å²) in [5.74, 6) is -0.168. The molecule has 1 heterocycles. The van der Waals surface area contributed by atoms with E-state index in [2.05, 4.69) is 29.5 Å². The maximum absolute atomic E-state index is 13.6. The first kappa shape index (κ1) is 25.8. The number of amides is 3. The highest BCUT2D eigenvalue weighted by molar-refractivity contribution is 5.90. The first-order chi connectivity index (χ1) is 16.7. The van der Waals surface area contributed by atoms with E-state index >= 15 is 0 Å². The van der Waals surface area contributed by atoms with Crippen LogP contribution in [0.2, 0.25) is 0 Å². The maximum Gasteiger partial charge on any atom is 0.404 e. The van der Waals surface area contributed by atoms with Crippen molar-refractivity contribution in [3.8, 4) is 0 Å². The highest BCUT2D eigenvalue weighted by atomic mass is 16.4. The number of carboxylic acid groups (broad SMARTS) is 1. The normalized spacial score (nSPS) is 11.9. The Bertz CT molecular complexity index is 1160. The molecule has 0 aliphatic heterocycles. The summed E-state index contributed by atoms with van der Waals surface area (Å²) in [5, 5.41) is 14.9. The predicted octanol–water partition coefficient (Wildman–Crippen LogP) is 3.71. The summed E-state index contributed by atoms with van der Waals surface area (Å²) in [6, 6.07) is 16.9. The van der Waals surface area contributed by atoms with Crippen molar-refractivity contribution in [2.24, 2.45) is 5.92 Å². The van der Waals surface area contributed by atoms with E-state index in [1.165, 1.54) is 0 Å². The van der Waals surface area contributed by atoms with Crippen LogP contribution in [0.25, 0.3) is 10.9 Å². The minimum absolute atomic E-state index is 0.0202. The quantitative estimate of drug-likeness (QED) is 0.336. The lowest BCUT2D eigenvalue weighted by Gasteiger charge is -2.25. The molecule has 0 unspecified atom stereocenters. The average Bonchev–Trinajstić information content (AvgIpc) is 3.14. The molecule has 2 aromatic carbocycles. The summed E-state index contributed by atoms with van der Waals surface area (Å²) >= 11 is 0. The van der Waals surface area contributed by atoms with E-state index < -0.39 is 12.1 Å². The molecule has 4 N–H and O–H groups in total.